The maximum Gasteiger partial charge on any atom is 0.221 e. The van der Waals surface area contributed by atoms with Gasteiger partial charge in [0.05, 0.1) is 13.2 Å². The summed E-state index contributed by atoms with van der Waals surface area (Å²) in [6.07, 6.45) is 3.35. The fourth-order valence-electron chi connectivity index (χ4n) is 2.44. The number of carbonyl (C=O) groups is 1. The van der Waals surface area contributed by atoms with E-state index in [-0.39, 0.29) is 5.78 Å². The Kier molecular flexibility index (Phi) is 4.39. The summed E-state index contributed by atoms with van der Waals surface area (Å²) >= 11 is 0. The molecule has 1 fully saturated rings. The van der Waals surface area contributed by atoms with Gasteiger partial charge < -0.3 is 14.1 Å². The summed E-state index contributed by atoms with van der Waals surface area (Å²) in [5, 5.41) is 0. The lowest BCUT2D eigenvalue weighted by Gasteiger charge is -2.28. The minimum atomic E-state index is -0.120. The number of allylic oxidation sites excluding steroid dienone is 1. The second-order valence-corrected chi connectivity index (χ2v) is 5.30. The Morgan fingerprint density at radius 1 is 1.09 bits per heavy atom. The monoisotopic (exact) mass is 297 g/mol. The van der Waals surface area contributed by atoms with Crippen molar-refractivity contribution in [3.8, 4) is 0 Å². The highest BCUT2D eigenvalue weighted by molar-refractivity contribution is 6.04. The van der Waals surface area contributed by atoms with Gasteiger partial charge in [-0.15, -0.1) is 0 Å². The highest BCUT2D eigenvalue weighted by Gasteiger charge is 2.10. The van der Waals surface area contributed by atoms with Crippen LogP contribution in [-0.2, 0) is 4.74 Å². The summed E-state index contributed by atoms with van der Waals surface area (Å²) in [7, 11) is 0. The van der Waals surface area contributed by atoms with Gasteiger partial charge in [0.25, 0.3) is 0 Å². The van der Waals surface area contributed by atoms with E-state index in [2.05, 4.69) is 17.0 Å². The third-order valence-electron chi connectivity index (χ3n) is 3.68. The van der Waals surface area contributed by atoms with Crippen molar-refractivity contribution in [1.29, 1.82) is 0 Å². The Balaban J connectivity index is 1.65. The Morgan fingerprint density at radius 2 is 1.82 bits per heavy atom. The summed E-state index contributed by atoms with van der Waals surface area (Å²) in [6.45, 7) is 5.22. The molecule has 0 aliphatic carbocycles. The first-order chi connectivity index (χ1) is 10.7. The second-order valence-electron chi connectivity index (χ2n) is 5.30. The highest BCUT2D eigenvalue weighted by atomic mass is 16.5. The molecule has 114 valence electrons. The molecule has 1 saturated heterocycles. The van der Waals surface area contributed by atoms with Gasteiger partial charge in [0.1, 0.15) is 5.76 Å². The number of hydrogen-bond acceptors (Lipinski definition) is 4. The predicted octanol–water partition coefficient (Wildman–Crippen LogP) is 3.32. The molecule has 1 aliphatic rings. The smallest absolute Gasteiger partial charge is 0.221 e. The average molecular weight is 297 g/mol. The van der Waals surface area contributed by atoms with Crippen LogP contribution in [0.1, 0.15) is 21.9 Å². The van der Waals surface area contributed by atoms with E-state index < -0.39 is 0 Å². The molecule has 4 heteroatoms. The van der Waals surface area contributed by atoms with Crippen LogP contribution >= 0.6 is 0 Å². The first kappa shape index (κ1) is 14.6. The van der Waals surface area contributed by atoms with Gasteiger partial charge in [0, 0.05) is 18.8 Å². The molecule has 1 aromatic carbocycles. The number of hydrogen-bond donors (Lipinski definition) is 0. The first-order valence-electron chi connectivity index (χ1n) is 7.44. The van der Waals surface area contributed by atoms with E-state index in [0.717, 1.165) is 37.6 Å². The fourth-order valence-corrected chi connectivity index (χ4v) is 2.44. The average Bonchev–Trinajstić information content (AvgIpc) is 3.00. The van der Waals surface area contributed by atoms with Crippen molar-refractivity contribution in [2.24, 2.45) is 0 Å². The zero-order valence-electron chi connectivity index (χ0n) is 12.6. The van der Waals surface area contributed by atoms with E-state index >= 15 is 0 Å². The molecule has 1 aromatic heterocycles. The number of ketones is 1. The van der Waals surface area contributed by atoms with Crippen molar-refractivity contribution in [3.63, 3.8) is 0 Å². The Hall–Kier alpha value is -2.33. The van der Waals surface area contributed by atoms with E-state index in [9.17, 15) is 4.79 Å². The van der Waals surface area contributed by atoms with Gasteiger partial charge in [-0.05, 0) is 42.8 Å². The van der Waals surface area contributed by atoms with Crippen LogP contribution in [0.15, 0.2) is 46.9 Å². The number of aryl methyl sites for hydroxylation is 1. The molecule has 0 bridgehead atoms. The molecule has 2 aromatic rings. The van der Waals surface area contributed by atoms with Gasteiger partial charge in [0.15, 0.2) is 5.76 Å². The minimum absolute atomic E-state index is 0.120. The molecule has 2 heterocycles. The summed E-state index contributed by atoms with van der Waals surface area (Å²) in [6, 6.07) is 11.7. The molecule has 0 unspecified atom stereocenters. The van der Waals surface area contributed by atoms with Crippen LogP contribution in [0.25, 0.3) is 6.08 Å². The predicted molar refractivity (Wildman–Crippen MR) is 86.3 cm³/mol. The van der Waals surface area contributed by atoms with Crippen LogP contribution in [0.2, 0.25) is 0 Å². The molecular weight excluding hydrogens is 278 g/mol. The molecule has 22 heavy (non-hydrogen) atoms. The largest absolute Gasteiger partial charge is 0.458 e. The minimum Gasteiger partial charge on any atom is -0.458 e. The van der Waals surface area contributed by atoms with Crippen LogP contribution < -0.4 is 4.90 Å². The lowest BCUT2D eigenvalue weighted by atomic mass is 10.1. The molecule has 1 aliphatic heterocycles. The van der Waals surface area contributed by atoms with Crippen molar-refractivity contribution in [3.05, 3.63) is 59.6 Å². The Morgan fingerprint density at radius 3 is 2.45 bits per heavy atom. The second kappa shape index (κ2) is 6.62. The Labute approximate surface area is 130 Å². The van der Waals surface area contributed by atoms with Crippen molar-refractivity contribution >= 4 is 17.5 Å². The van der Waals surface area contributed by atoms with Crippen molar-refractivity contribution in [1.82, 2.24) is 0 Å². The van der Waals surface area contributed by atoms with Gasteiger partial charge in [0.2, 0.25) is 5.78 Å². The number of furan rings is 1. The van der Waals surface area contributed by atoms with Gasteiger partial charge in [-0.3, -0.25) is 4.79 Å². The van der Waals surface area contributed by atoms with Crippen LogP contribution in [0, 0.1) is 6.92 Å². The van der Waals surface area contributed by atoms with Gasteiger partial charge >= 0.3 is 0 Å². The molecule has 0 atom stereocenters. The molecule has 0 amide bonds. The number of morpholine rings is 1. The van der Waals surface area contributed by atoms with E-state index in [0.29, 0.717) is 5.76 Å². The van der Waals surface area contributed by atoms with Crippen molar-refractivity contribution in [2.45, 2.75) is 6.92 Å². The molecular formula is C18H19NO3. The standard InChI is InChI=1S/C18H19NO3/c1-14-2-9-18(22-14)17(20)8-5-15-3-6-16(7-4-15)19-10-12-21-13-11-19/h2-9H,10-13H2,1H3/b8-5+. The lowest BCUT2D eigenvalue weighted by Crippen LogP contribution is -2.36. The molecule has 0 radical (unpaired) electrons. The number of anilines is 1. The van der Waals surface area contributed by atoms with E-state index in [4.69, 9.17) is 9.15 Å². The molecule has 0 saturated carbocycles. The van der Waals surface area contributed by atoms with Crippen molar-refractivity contribution in [2.75, 3.05) is 31.2 Å². The lowest BCUT2D eigenvalue weighted by molar-refractivity contribution is 0.102. The number of carbonyl (C=O) groups excluding carboxylic acids is 1. The summed E-state index contributed by atoms with van der Waals surface area (Å²) in [4.78, 5) is 14.2. The molecule has 3 rings (SSSR count). The van der Waals surface area contributed by atoms with Gasteiger partial charge in [-0.2, -0.15) is 0 Å². The van der Waals surface area contributed by atoms with Crippen LogP contribution in [0.4, 0.5) is 5.69 Å². The number of nitrogens with zero attached hydrogens (tertiary/aromatic N) is 1. The normalized spacial score (nSPS) is 15.4. The SMILES string of the molecule is Cc1ccc(C(=O)/C=C/c2ccc(N3CCOCC3)cc2)o1. The maximum atomic E-state index is 11.9. The summed E-state index contributed by atoms with van der Waals surface area (Å²) in [5.74, 6) is 0.996. The number of ether oxygens (including phenoxy) is 1. The maximum absolute atomic E-state index is 11.9. The number of benzene rings is 1. The third kappa shape index (κ3) is 3.46. The third-order valence-corrected chi connectivity index (χ3v) is 3.68. The quantitative estimate of drug-likeness (QED) is 0.641. The topological polar surface area (TPSA) is 42.7 Å². The number of rotatable bonds is 4. The zero-order valence-corrected chi connectivity index (χ0v) is 12.6. The van der Waals surface area contributed by atoms with Gasteiger partial charge in [-0.25, -0.2) is 0 Å². The van der Waals surface area contributed by atoms with Crippen molar-refractivity contribution < 1.29 is 13.9 Å². The van der Waals surface area contributed by atoms with E-state index in [1.165, 1.54) is 5.69 Å². The van der Waals surface area contributed by atoms with E-state index in [1.54, 1.807) is 18.2 Å². The Bertz CT molecular complexity index is 664. The summed E-state index contributed by atoms with van der Waals surface area (Å²) < 4.78 is 10.7. The highest BCUT2D eigenvalue weighted by Crippen LogP contribution is 2.17. The fraction of sp³-hybridized carbons (Fsp3) is 0.278. The molecule has 0 spiro atoms. The zero-order chi connectivity index (χ0) is 15.4. The molecule has 0 N–H and O–H groups in total. The molecule has 4 nitrogen and oxygen atoms in total. The van der Waals surface area contributed by atoms with Gasteiger partial charge in [-0.1, -0.05) is 18.2 Å². The van der Waals surface area contributed by atoms with Crippen LogP contribution in [-0.4, -0.2) is 32.1 Å². The summed E-state index contributed by atoms with van der Waals surface area (Å²) in [5.41, 5.74) is 2.18. The first-order valence-corrected chi connectivity index (χ1v) is 7.44. The van der Waals surface area contributed by atoms with Crippen LogP contribution in [0.5, 0.6) is 0 Å². The van der Waals surface area contributed by atoms with E-state index in [1.807, 2.05) is 25.1 Å². The van der Waals surface area contributed by atoms with Crippen LogP contribution in [0.3, 0.4) is 0 Å².